The van der Waals surface area contributed by atoms with E-state index in [0.717, 1.165) is 25.7 Å². The second kappa shape index (κ2) is 6.92. The van der Waals surface area contributed by atoms with Gasteiger partial charge in [0.15, 0.2) is 12.4 Å². The molecule has 1 unspecified atom stereocenters. The molecule has 3 aliphatic rings. The van der Waals surface area contributed by atoms with Gasteiger partial charge in [0.25, 0.3) is 0 Å². The van der Waals surface area contributed by atoms with Gasteiger partial charge in [0.05, 0.1) is 7.11 Å². The minimum Gasteiger partial charge on any atom is -0.467 e. The standard InChI is InChI=1S/C21H34O5/c1-12-7-6-9-20(2,3)14-8-10-21(4,15(12)14)16-13(11-22)17(19(24)25-5)26-18(16)23/h13-18,22-23H,1,6-11H2,2-5H3/t13-,14+,15+,16-,17-,18?,21+/m0/s1. The zero-order valence-corrected chi connectivity index (χ0v) is 16.5. The van der Waals surface area contributed by atoms with Crippen molar-refractivity contribution in [3.8, 4) is 0 Å². The van der Waals surface area contributed by atoms with Gasteiger partial charge in [-0.25, -0.2) is 4.79 Å². The highest BCUT2D eigenvalue weighted by molar-refractivity contribution is 5.75. The predicted molar refractivity (Wildman–Crippen MR) is 98.1 cm³/mol. The van der Waals surface area contributed by atoms with Gasteiger partial charge in [0, 0.05) is 18.4 Å². The maximum Gasteiger partial charge on any atom is 0.335 e. The van der Waals surface area contributed by atoms with Crippen LogP contribution in [0, 0.1) is 34.5 Å². The first-order chi connectivity index (χ1) is 12.2. The van der Waals surface area contributed by atoms with Gasteiger partial charge in [0.2, 0.25) is 0 Å². The summed E-state index contributed by atoms with van der Waals surface area (Å²) in [6, 6.07) is 0. The van der Waals surface area contributed by atoms with Crippen molar-refractivity contribution in [2.24, 2.45) is 34.5 Å². The Kier molecular flexibility index (Phi) is 5.28. The van der Waals surface area contributed by atoms with E-state index in [1.54, 1.807) is 0 Å². The third-order valence-corrected chi connectivity index (χ3v) is 7.72. The van der Waals surface area contributed by atoms with Gasteiger partial charge in [-0.1, -0.05) is 32.9 Å². The molecule has 26 heavy (non-hydrogen) atoms. The zero-order valence-electron chi connectivity index (χ0n) is 16.5. The Balaban J connectivity index is 1.98. The molecule has 148 valence electrons. The van der Waals surface area contributed by atoms with E-state index in [-0.39, 0.29) is 29.3 Å². The molecule has 5 heteroatoms. The van der Waals surface area contributed by atoms with Gasteiger partial charge < -0.3 is 19.7 Å². The number of allylic oxidation sites excluding steroid dienone is 1. The number of hydrogen-bond donors (Lipinski definition) is 2. The molecule has 1 aliphatic heterocycles. The smallest absolute Gasteiger partial charge is 0.335 e. The van der Waals surface area contributed by atoms with Gasteiger partial charge in [0.1, 0.15) is 0 Å². The summed E-state index contributed by atoms with van der Waals surface area (Å²) < 4.78 is 10.4. The molecule has 0 aromatic carbocycles. The van der Waals surface area contributed by atoms with E-state index >= 15 is 0 Å². The lowest BCUT2D eigenvalue weighted by Gasteiger charge is -2.45. The van der Waals surface area contributed by atoms with E-state index in [9.17, 15) is 15.0 Å². The summed E-state index contributed by atoms with van der Waals surface area (Å²) >= 11 is 0. The number of hydrogen-bond acceptors (Lipinski definition) is 5. The monoisotopic (exact) mass is 366 g/mol. The van der Waals surface area contributed by atoms with Crippen LogP contribution in [0.15, 0.2) is 12.2 Å². The Morgan fingerprint density at radius 1 is 1.35 bits per heavy atom. The molecule has 5 nitrogen and oxygen atoms in total. The van der Waals surface area contributed by atoms with Crippen LogP contribution in [0.5, 0.6) is 0 Å². The number of ether oxygens (including phenoxy) is 2. The lowest BCUT2D eigenvalue weighted by Crippen LogP contribution is -2.44. The van der Waals surface area contributed by atoms with Crippen molar-refractivity contribution in [2.45, 2.75) is 65.3 Å². The summed E-state index contributed by atoms with van der Waals surface area (Å²) in [6.45, 7) is 11.1. The van der Waals surface area contributed by atoms with Gasteiger partial charge in [-0.15, -0.1) is 0 Å². The van der Waals surface area contributed by atoms with E-state index in [0.29, 0.717) is 5.92 Å². The number of rotatable bonds is 3. The van der Waals surface area contributed by atoms with Gasteiger partial charge in [-0.3, -0.25) is 0 Å². The molecule has 0 bridgehead atoms. The number of methoxy groups -OCH3 is 1. The van der Waals surface area contributed by atoms with Crippen LogP contribution in [0.1, 0.15) is 52.9 Å². The van der Waals surface area contributed by atoms with E-state index in [1.165, 1.54) is 19.1 Å². The van der Waals surface area contributed by atoms with Gasteiger partial charge >= 0.3 is 5.97 Å². The zero-order chi connectivity index (χ0) is 19.3. The molecule has 2 N–H and O–H groups in total. The number of carbonyl (C=O) groups is 1. The number of fused-ring (bicyclic) bond motifs is 1. The van der Waals surface area contributed by atoms with Crippen LogP contribution in [0.3, 0.4) is 0 Å². The average Bonchev–Trinajstić information content (AvgIpc) is 3.08. The topological polar surface area (TPSA) is 76.0 Å². The molecule has 0 spiro atoms. The third kappa shape index (κ3) is 2.92. The Bertz CT molecular complexity index is 571. The van der Waals surface area contributed by atoms with Crippen molar-refractivity contribution < 1.29 is 24.5 Å². The molecular formula is C21H34O5. The van der Waals surface area contributed by atoms with Crippen LogP contribution in [0.2, 0.25) is 0 Å². The van der Waals surface area contributed by atoms with Gasteiger partial charge in [-0.2, -0.15) is 0 Å². The Morgan fingerprint density at radius 2 is 2.04 bits per heavy atom. The van der Waals surface area contributed by atoms with Crippen LogP contribution in [0.25, 0.3) is 0 Å². The van der Waals surface area contributed by atoms with Crippen LogP contribution in [0.4, 0.5) is 0 Å². The van der Waals surface area contributed by atoms with Crippen molar-refractivity contribution in [3.05, 3.63) is 12.2 Å². The van der Waals surface area contributed by atoms with E-state index in [2.05, 4.69) is 27.4 Å². The van der Waals surface area contributed by atoms with E-state index in [4.69, 9.17) is 9.47 Å². The average molecular weight is 366 g/mol. The Morgan fingerprint density at radius 3 is 2.65 bits per heavy atom. The molecule has 3 rings (SSSR count). The molecular weight excluding hydrogens is 332 g/mol. The minimum absolute atomic E-state index is 0.204. The largest absolute Gasteiger partial charge is 0.467 e. The number of esters is 1. The van der Waals surface area contributed by atoms with Crippen molar-refractivity contribution in [1.29, 1.82) is 0 Å². The fraction of sp³-hybridized carbons (Fsp3) is 0.857. The molecule has 0 amide bonds. The minimum atomic E-state index is -1.07. The summed E-state index contributed by atoms with van der Waals surface area (Å²) in [4.78, 5) is 12.1. The molecule has 1 heterocycles. The second-order valence-electron chi connectivity index (χ2n) is 9.47. The van der Waals surface area contributed by atoms with Crippen molar-refractivity contribution >= 4 is 5.97 Å². The van der Waals surface area contributed by atoms with Crippen molar-refractivity contribution in [2.75, 3.05) is 13.7 Å². The molecule has 1 saturated heterocycles. The maximum absolute atomic E-state index is 12.1. The van der Waals surface area contributed by atoms with Crippen LogP contribution >= 0.6 is 0 Å². The summed E-state index contributed by atoms with van der Waals surface area (Å²) in [7, 11) is 1.31. The summed E-state index contributed by atoms with van der Waals surface area (Å²) in [6.07, 6.45) is 3.38. The van der Waals surface area contributed by atoms with Crippen molar-refractivity contribution in [1.82, 2.24) is 0 Å². The lowest BCUT2D eigenvalue weighted by molar-refractivity contribution is -0.169. The van der Waals surface area contributed by atoms with Crippen LogP contribution in [-0.4, -0.2) is 42.3 Å². The first-order valence-corrected chi connectivity index (χ1v) is 9.87. The highest BCUT2D eigenvalue weighted by atomic mass is 16.6. The highest BCUT2D eigenvalue weighted by Gasteiger charge is 2.62. The number of aliphatic hydroxyl groups excluding tert-OH is 2. The molecule has 0 radical (unpaired) electrons. The summed E-state index contributed by atoms with van der Waals surface area (Å²) in [5.74, 6) is -0.513. The second-order valence-corrected chi connectivity index (χ2v) is 9.47. The SMILES string of the molecule is C=C1CCCC(C)(C)[C@@H]2CC[C@@](C)([C@@H]3C(O)O[C@H](C(=O)OC)[C@H]3CO)[C@H]12. The molecule has 7 atom stereocenters. The van der Waals surface area contributed by atoms with E-state index < -0.39 is 24.3 Å². The van der Waals surface area contributed by atoms with Gasteiger partial charge in [-0.05, 0) is 54.8 Å². The summed E-state index contributed by atoms with van der Waals surface area (Å²) in [5.41, 5.74) is 1.23. The predicted octanol–water partition coefficient (Wildman–Crippen LogP) is 2.90. The van der Waals surface area contributed by atoms with Crippen LogP contribution in [-0.2, 0) is 14.3 Å². The quantitative estimate of drug-likeness (QED) is 0.593. The van der Waals surface area contributed by atoms with Crippen LogP contribution < -0.4 is 0 Å². The molecule has 0 aromatic heterocycles. The maximum atomic E-state index is 12.1. The lowest BCUT2D eigenvalue weighted by atomic mass is 9.59. The number of aliphatic hydroxyl groups is 2. The highest BCUT2D eigenvalue weighted by Crippen LogP contribution is 2.64. The molecule has 0 aromatic rings. The summed E-state index contributed by atoms with van der Waals surface area (Å²) in [5, 5.41) is 20.8. The fourth-order valence-corrected chi connectivity index (χ4v) is 6.43. The first-order valence-electron chi connectivity index (χ1n) is 9.87. The molecule has 3 fully saturated rings. The Hall–Kier alpha value is -0.910. The molecule has 2 aliphatic carbocycles. The fourth-order valence-electron chi connectivity index (χ4n) is 6.43. The molecule has 2 saturated carbocycles. The van der Waals surface area contributed by atoms with Crippen molar-refractivity contribution in [3.63, 3.8) is 0 Å². The van der Waals surface area contributed by atoms with E-state index in [1.807, 2.05) is 0 Å². The Labute approximate surface area is 156 Å². The third-order valence-electron chi connectivity index (χ3n) is 7.72. The first kappa shape index (κ1) is 19.8. The normalized spacial score (nSPS) is 45.2. The number of carbonyl (C=O) groups excluding carboxylic acids is 1.